The highest BCUT2D eigenvalue weighted by Gasteiger charge is 2.34. The summed E-state index contributed by atoms with van der Waals surface area (Å²) >= 11 is -0.0346. The van der Waals surface area contributed by atoms with E-state index >= 15 is 0 Å². The zero-order valence-electron chi connectivity index (χ0n) is 9.02. The maximum absolute atomic E-state index is 4.82. The van der Waals surface area contributed by atoms with Crippen LogP contribution in [0.3, 0.4) is 0 Å². The summed E-state index contributed by atoms with van der Waals surface area (Å²) in [5.41, 5.74) is 3.67. The SMILES string of the molecule is c1ccc2c(c1)[I+]c1cc3ccccc3nc1-2. The fourth-order valence-electron chi connectivity index (χ4n) is 2.20. The number of halogens is 1. The van der Waals surface area contributed by atoms with E-state index in [-0.39, 0.29) is 21.2 Å². The lowest BCUT2D eigenvalue weighted by Crippen LogP contribution is -3.61. The van der Waals surface area contributed by atoms with E-state index in [2.05, 4.69) is 54.6 Å². The molecule has 80 valence electrons. The van der Waals surface area contributed by atoms with Crippen LogP contribution in [-0.4, -0.2) is 4.98 Å². The summed E-state index contributed by atoms with van der Waals surface area (Å²) in [6.07, 6.45) is 0. The lowest BCUT2D eigenvalue weighted by atomic mass is 10.1. The molecule has 1 nitrogen and oxygen atoms in total. The van der Waals surface area contributed by atoms with Crippen molar-refractivity contribution in [2.45, 2.75) is 0 Å². The monoisotopic (exact) mass is 330 g/mol. The summed E-state index contributed by atoms with van der Waals surface area (Å²) in [6, 6.07) is 19.4. The van der Waals surface area contributed by atoms with E-state index in [0.717, 1.165) is 5.52 Å². The Kier molecular flexibility index (Phi) is 1.99. The maximum atomic E-state index is 4.82. The Morgan fingerprint density at radius 3 is 2.65 bits per heavy atom. The summed E-state index contributed by atoms with van der Waals surface area (Å²) in [7, 11) is 0. The molecule has 4 rings (SSSR count). The summed E-state index contributed by atoms with van der Waals surface area (Å²) < 4.78 is 2.97. The minimum absolute atomic E-state index is 0.0346. The van der Waals surface area contributed by atoms with Gasteiger partial charge in [0.15, 0.2) is 0 Å². The number of hydrogen-bond donors (Lipinski definition) is 0. The third-order valence-corrected chi connectivity index (χ3v) is 5.94. The Morgan fingerprint density at radius 2 is 1.65 bits per heavy atom. The highest BCUT2D eigenvalue weighted by Crippen LogP contribution is 2.23. The minimum Gasteiger partial charge on any atom is -0.243 e. The van der Waals surface area contributed by atoms with E-state index in [1.807, 2.05) is 0 Å². The molecule has 0 fully saturated rings. The van der Waals surface area contributed by atoms with Gasteiger partial charge in [-0.1, -0.05) is 30.3 Å². The van der Waals surface area contributed by atoms with E-state index in [1.54, 1.807) is 0 Å². The molecule has 0 saturated carbocycles. The van der Waals surface area contributed by atoms with Gasteiger partial charge in [0, 0.05) is 11.5 Å². The number of rotatable bonds is 0. The van der Waals surface area contributed by atoms with Crippen LogP contribution in [0.5, 0.6) is 0 Å². The number of para-hydroxylation sites is 1. The van der Waals surface area contributed by atoms with Crippen molar-refractivity contribution in [1.82, 2.24) is 4.98 Å². The summed E-state index contributed by atoms with van der Waals surface area (Å²) in [4.78, 5) is 4.82. The first kappa shape index (κ1) is 9.59. The van der Waals surface area contributed by atoms with E-state index in [4.69, 9.17) is 4.98 Å². The van der Waals surface area contributed by atoms with Gasteiger partial charge in [-0.25, -0.2) is 4.98 Å². The van der Waals surface area contributed by atoms with Crippen LogP contribution in [0.2, 0.25) is 0 Å². The molecule has 2 heteroatoms. The molecule has 3 aromatic rings. The van der Waals surface area contributed by atoms with E-state index in [0.29, 0.717) is 0 Å². The molecular formula is C15H9IN+. The Labute approximate surface area is 110 Å². The van der Waals surface area contributed by atoms with Crippen molar-refractivity contribution in [3.8, 4) is 11.3 Å². The van der Waals surface area contributed by atoms with Crippen LogP contribution < -0.4 is 21.2 Å². The van der Waals surface area contributed by atoms with Crippen LogP contribution in [-0.2, 0) is 0 Å². The molecule has 2 aromatic carbocycles. The van der Waals surface area contributed by atoms with E-state index < -0.39 is 0 Å². The smallest absolute Gasteiger partial charge is 0.243 e. The number of fused-ring (bicyclic) bond motifs is 4. The standard InChI is InChI=1S/C15H9IN/c1-4-8-14-10(5-1)9-13-15(17-14)11-6-2-3-7-12(11)16-13/h1-9H/q+1. The Bertz CT molecular complexity index is 734. The average molecular weight is 330 g/mol. The Hall–Kier alpha value is -1.42. The second-order valence-corrected chi connectivity index (χ2v) is 6.95. The van der Waals surface area contributed by atoms with Crippen LogP contribution in [0.4, 0.5) is 0 Å². The van der Waals surface area contributed by atoms with Crippen molar-refractivity contribution in [2.24, 2.45) is 0 Å². The largest absolute Gasteiger partial charge is 0.361 e. The van der Waals surface area contributed by atoms with Gasteiger partial charge >= 0.3 is 21.2 Å². The molecular weight excluding hydrogens is 321 g/mol. The number of nitrogens with zero attached hydrogens (tertiary/aromatic N) is 1. The van der Waals surface area contributed by atoms with Crippen LogP contribution >= 0.6 is 0 Å². The lowest BCUT2D eigenvalue weighted by Gasteiger charge is -1.98. The van der Waals surface area contributed by atoms with Crippen LogP contribution in [0, 0.1) is 7.14 Å². The quantitative estimate of drug-likeness (QED) is 0.424. The topological polar surface area (TPSA) is 12.9 Å². The molecule has 1 aliphatic heterocycles. The van der Waals surface area contributed by atoms with Gasteiger partial charge in [0.05, 0.1) is 11.1 Å². The van der Waals surface area contributed by atoms with Crippen molar-refractivity contribution in [3.63, 3.8) is 0 Å². The van der Waals surface area contributed by atoms with Gasteiger partial charge in [-0.15, -0.1) is 0 Å². The number of aromatic nitrogens is 1. The molecule has 0 aliphatic carbocycles. The number of benzene rings is 2. The van der Waals surface area contributed by atoms with Gasteiger partial charge in [0.1, 0.15) is 5.69 Å². The predicted molar refractivity (Wildman–Crippen MR) is 64.6 cm³/mol. The fourth-order valence-corrected chi connectivity index (χ4v) is 5.09. The zero-order valence-corrected chi connectivity index (χ0v) is 11.2. The van der Waals surface area contributed by atoms with Crippen molar-refractivity contribution in [3.05, 3.63) is 61.7 Å². The maximum Gasteiger partial charge on any atom is 0.361 e. The first-order valence-corrected chi connectivity index (χ1v) is 7.71. The van der Waals surface area contributed by atoms with Crippen LogP contribution in [0.15, 0.2) is 54.6 Å². The van der Waals surface area contributed by atoms with E-state index in [9.17, 15) is 0 Å². The predicted octanol–water partition coefficient (Wildman–Crippen LogP) is 0.344. The molecule has 0 spiro atoms. The molecule has 1 aliphatic rings. The Balaban J connectivity index is 2.07. The van der Waals surface area contributed by atoms with Gasteiger partial charge in [-0.3, -0.25) is 0 Å². The third kappa shape index (κ3) is 1.40. The van der Waals surface area contributed by atoms with Crippen LogP contribution in [0.1, 0.15) is 0 Å². The number of hydrogen-bond acceptors (Lipinski definition) is 1. The summed E-state index contributed by atoms with van der Waals surface area (Å²) in [5.74, 6) is 0. The lowest BCUT2D eigenvalue weighted by molar-refractivity contribution is -0.589. The molecule has 0 radical (unpaired) electrons. The molecule has 17 heavy (non-hydrogen) atoms. The zero-order chi connectivity index (χ0) is 11.2. The van der Waals surface area contributed by atoms with Gasteiger partial charge < -0.3 is 0 Å². The molecule has 0 bridgehead atoms. The van der Waals surface area contributed by atoms with Gasteiger partial charge in [0.25, 0.3) is 0 Å². The second-order valence-electron chi connectivity index (χ2n) is 4.09. The van der Waals surface area contributed by atoms with Crippen molar-refractivity contribution < 1.29 is 21.2 Å². The first-order valence-electron chi connectivity index (χ1n) is 5.56. The third-order valence-electron chi connectivity index (χ3n) is 3.01. The molecule has 0 saturated heterocycles. The summed E-state index contributed by atoms with van der Waals surface area (Å²) in [5, 5.41) is 1.26. The highest BCUT2D eigenvalue weighted by molar-refractivity contribution is 5.81. The summed E-state index contributed by atoms with van der Waals surface area (Å²) in [6.45, 7) is 0. The average Bonchev–Trinajstić information content (AvgIpc) is 2.73. The van der Waals surface area contributed by atoms with Crippen LogP contribution in [0.25, 0.3) is 22.2 Å². The highest BCUT2D eigenvalue weighted by atomic mass is 127. The first-order chi connectivity index (χ1) is 8.42. The molecule has 0 atom stereocenters. The van der Waals surface area contributed by atoms with Crippen molar-refractivity contribution in [1.29, 1.82) is 0 Å². The van der Waals surface area contributed by atoms with Crippen molar-refractivity contribution in [2.75, 3.05) is 0 Å². The Morgan fingerprint density at radius 1 is 0.824 bits per heavy atom. The normalized spacial score (nSPS) is 12.5. The van der Waals surface area contributed by atoms with Gasteiger partial charge in [-0.2, -0.15) is 0 Å². The van der Waals surface area contributed by atoms with Gasteiger partial charge in [-0.05, 0) is 18.2 Å². The minimum atomic E-state index is -0.0346. The number of pyridine rings is 1. The molecule has 2 heterocycles. The molecule has 1 aromatic heterocycles. The van der Waals surface area contributed by atoms with E-state index in [1.165, 1.54) is 23.8 Å². The van der Waals surface area contributed by atoms with Crippen molar-refractivity contribution >= 4 is 10.9 Å². The second kappa shape index (κ2) is 3.53. The molecule has 0 unspecified atom stereocenters. The fraction of sp³-hybridized carbons (Fsp3) is 0. The molecule has 0 amide bonds. The van der Waals surface area contributed by atoms with Gasteiger partial charge in [0.2, 0.25) is 7.14 Å². The molecule has 0 N–H and O–H groups in total.